The number of amidine groups is 1. The molecule has 0 aliphatic carbocycles. The molecular formula is C21H24ClN3O5. The normalized spacial score (nSPS) is 26.9. The second kappa shape index (κ2) is 8.69. The van der Waals surface area contributed by atoms with Crippen molar-refractivity contribution >= 4 is 29.3 Å². The molecule has 2 aliphatic heterocycles. The van der Waals surface area contributed by atoms with Crippen LogP contribution in [-0.2, 0) is 9.53 Å². The zero-order valence-electron chi connectivity index (χ0n) is 16.7. The molecule has 30 heavy (non-hydrogen) atoms. The number of aliphatic hydroxyl groups is 2. The van der Waals surface area contributed by atoms with Crippen LogP contribution in [0.5, 0.6) is 0 Å². The van der Waals surface area contributed by atoms with E-state index in [-0.39, 0.29) is 31.1 Å². The summed E-state index contributed by atoms with van der Waals surface area (Å²) in [5.74, 6) is -0.866. The van der Waals surface area contributed by atoms with Gasteiger partial charge >= 0.3 is 0 Å². The maximum atomic E-state index is 12.6. The fraction of sp³-hybridized carbons (Fsp3) is 0.381. The van der Waals surface area contributed by atoms with Gasteiger partial charge in [-0.3, -0.25) is 19.9 Å². The lowest BCUT2D eigenvalue weighted by molar-refractivity contribution is -0.127. The molecule has 9 heteroatoms. The van der Waals surface area contributed by atoms with Crippen LogP contribution < -0.4 is 5.32 Å². The number of carbonyl (C=O) groups excluding carboxylic acids is 2. The molecule has 0 spiro atoms. The van der Waals surface area contributed by atoms with E-state index in [0.29, 0.717) is 16.2 Å². The Morgan fingerprint density at radius 1 is 1.47 bits per heavy atom. The van der Waals surface area contributed by atoms with Gasteiger partial charge in [-0.05, 0) is 26.0 Å². The van der Waals surface area contributed by atoms with E-state index in [1.165, 1.54) is 0 Å². The third-order valence-electron chi connectivity index (χ3n) is 5.30. The molecule has 4 N–H and O–H groups in total. The van der Waals surface area contributed by atoms with Crippen molar-refractivity contribution in [1.82, 2.24) is 10.2 Å². The first-order valence-corrected chi connectivity index (χ1v) is 9.86. The number of aliphatic hydroxyl groups excluding tert-OH is 1. The average molecular weight is 434 g/mol. The minimum Gasteiger partial charge on any atom is -0.387 e. The highest BCUT2D eigenvalue weighted by Gasteiger charge is 2.51. The summed E-state index contributed by atoms with van der Waals surface area (Å²) in [4.78, 5) is 26.0. The van der Waals surface area contributed by atoms with Crippen molar-refractivity contribution in [2.24, 2.45) is 0 Å². The Hall–Kier alpha value is -2.52. The van der Waals surface area contributed by atoms with Crippen LogP contribution in [0.25, 0.3) is 0 Å². The summed E-state index contributed by atoms with van der Waals surface area (Å²) in [6.45, 7) is 2.84. The lowest BCUT2D eigenvalue weighted by Gasteiger charge is -2.31. The number of nitrogens with zero attached hydrogens (tertiary/aromatic N) is 1. The molecule has 1 aromatic rings. The Morgan fingerprint density at radius 2 is 2.17 bits per heavy atom. The first-order chi connectivity index (χ1) is 14.2. The van der Waals surface area contributed by atoms with Gasteiger partial charge in [-0.1, -0.05) is 35.9 Å². The van der Waals surface area contributed by atoms with Crippen molar-refractivity contribution < 1.29 is 24.5 Å². The molecule has 0 radical (unpaired) electrons. The standard InChI is InChI=1S/C21H24ClN3O5/c1-3-6-13-12(2)18(23)25(20(13)28)10-21(29)11-30-16(17(21)26)9-24-19(27)14-7-4-5-8-15(14)22/h3-8,16-17,23,26,29H,9-11H2,1-2H3,(H,24,27)/b6-3-,23-18?/t16-,17-,21+/m1/s1. The summed E-state index contributed by atoms with van der Waals surface area (Å²) < 4.78 is 5.50. The fourth-order valence-corrected chi connectivity index (χ4v) is 3.76. The summed E-state index contributed by atoms with van der Waals surface area (Å²) in [7, 11) is 0. The van der Waals surface area contributed by atoms with Gasteiger partial charge in [0.1, 0.15) is 23.6 Å². The molecule has 2 aliphatic rings. The van der Waals surface area contributed by atoms with Gasteiger partial charge in [0.2, 0.25) is 0 Å². The van der Waals surface area contributed by atoms with Gasteiger partial charge in [0, 0.05) is 17.7 Å². The summed E-state index contributed by atoms with van der Waals surface area (Å²) >= 11 is 6.01. The summed E-state index contributed by atoms with van der Waals surface area (Å²) in [5.41, 5.74) is -0.606. The van der Waals surface area contributed by atoms with Gasteiger partial charge in [-0.2, -0.15) is 0 Å². The molecule has 1 saturated heterocycles. The second-order valence-corrected chi connectivity index (χ2v) is 7.77. The Morgan fingerprint density at radius 3 is 2.83 bits per heavy atom. The van der Waals surface area contributed by atoms with Gasteiger partial charge in [0.05, 0.1) is 23.7 Å². The number of nitrogens with one attached hydrogen (secondary N) is 2. The quantitative estimate of drug-likeness (QED) is 0.538. The number of hydrogen-bond acceptors (Lipinski definition) is 6. The van der Waals surface area contributed by atoms with E-state index in [0.717, 1.165) is 4.90 Å². The summed E-state index contributed by atoms with van der Waals surface area (Å²) in [5, 5.41) is 32.7. The zero-order valence-corrected chi connectivity index (χ0v) is 17.4. The van der Waals surface area contributed by atoms with E-state index in [2.05, 4.69) is 5.32 Å². The Labute approximate surface area is 179 Å². The van der Waals surface area contributed by atoms with Gasteiger partial charge in [0.15, 0.2) is 0 Å². The van der Waals surface area contributed by atoms with Gasteiger partial charge in [-0.25, -0.2) is 0 Å². The van der Waals surface area contributed by atoms with Crippen molar-refractivity contribution in [3.05, 3.63) is 58.1 Å². The number of benzene rings is 1. The average Bonchev–Trinajstić information content (AvgIpc) is 3.10. The molecular weight excluding hydrogens is 410 g/mol. The van der Waals surface area contributed by atoms with Crippen molar-refractivity contribution in [2.45, 2.75) is 31.7 Å². The Balaban J connectivity index is 1.64. The number of amides is 2. The summed E-state index contributed by atoms with van der Waals surface area (Å²) in [6.07, 6.45) is 1.08. The van der Waals surface area contributed by atoms with Gasteiger partial charge < -0.3 is 20.3 Å². The van der Waals surface area contributed by atoms with Crippen LogP contribution in [0, 0.1) is 5.41 Å². The lowest BCUT2D eigenvalue weighted by Crippen LogP contribution is -2.55. The number of allylic oxidation sites excluding steroid dienone is 1. The smallest absolute Gasteiger partial charge is 0.259 e. The van der Waals surface area contributed by atoms with E-state index in [1.807, 2.05) is 0 Å². The highest BCUT2D eigenvalue weighted by molar-refractivity contribution is 6.33. The van der Waals surface area contributed by atoms with E-state index >= 15 is 0 Å². The molecule has 2 amide bonds. The number of ether oxygens (including phenoxy) is 1. The van der Waals surface area contributed by atoms with E-state index in [1.54, 1.807) is 50.3 Å². The molecule has 2 heterocycles. The van der Waals surface area contributed by atoms with Crippen LogP contribution in [0.15, 0.2) is 47.6 Å². The van der Waals surface area contributed by atoms with Crippen LogP contribution in [0.4, 0.5) is 0 Å². The topological polar surface area (TPSA) is 123 Å². The molecule has 160 valence electrons. The van der Waals surface area contributed by atoms with Crippen LogP contribution in [0.3, 0.4) is 0 Å². The number of halogens is 1. The summed E-state index contributed by atoms with van der Waals surface area (Å²) in [6, 6.07) is 6.55. The zero-order chi connectivity index (χ0) is 22.1. The molecule has 0 bridgehead atoms. The van der Waals surface area contributed by atoms with Crippen LogP contribution in [0.1, 0.15) is 24.2 Å². The first kappa shape index (κ1) is 22.2. The molecule has 1 aromatic carbocycles. The van der Waals surface area contributed by atoms with Crippen molar-refractivity contribution in [2.75, 3.05) is 19.7 Å². The monoisotopic (exact) mass is 433 g/mol. The van der Waals surface area contributed by atoms with Crippen LogP contribution >= 0.6 is 11.6 Å². The number of β-amino-alcohol motifs (C(OH)–C–C–N with tert-alkyl or cyclic N) is 1. The Kier molecular flexibility index (Phi) is 6.42. The fourth-order valence-electron chi connectivity index (χ4n) is 3.54. The minimum atomic E-state index is -1.77. The lowest BCUT2D eigenvalue weighted by atomic mass is 9.95. The highest BCUT2D eigenvalue weighted by Crippen LogP contribution is 2.30. The molecule has 1 fully saturated rings. The third kappa shape index (κ3) is 4.04. The van der Waals surface area contributed by atoms with E-state index in [4.69, 9.17) is 21.7 Å². The number of hydrogen-bond donors (Lipinski definition) is 4. The SMILES string of the molecule is C/C=C\C1=C(C)C(=N)N(C[C@]2(O)CO[C@H](CNC(=O)c3ccccc3Cl)[C@H]2O)C1=O. The molecule has 3 rings (SSSR count). The number of carbonyl (C=O) groups is 2. The highest BCUT2D eigenvalue weighted by atomic mass is 35.5. The molecule has 8 nitrogen and oxygen atoms in total. The van der Waals surface area contributed by atoms with Crippen LogP contribution in [0.2, 0.25) is 5.02 Å². The van der Waals surface area contributed by atoms with Gasteiger partial charge in [-0.15, -0.1) is 0 Å². The largest absolute Gasteiger partial charge is 0.387 e. The van der Waals surface area contributed by atoms with Crippen molar-refractivity contribution in [1.29, 1.82) is 5.41 Å². The minimum absolute atomic E-state index is 0.0239. The van der Waals surface area contributed by atoms with Crippen molar-refractivity contribution in [3.63, 3.8) is 0 Å². The maximum Gasteiger partial charge on any atom is 0.259 e. The van der Waals surface area contributed by atoms with Crippen LogP contribution in [-0.4, -0.2) is 70.3 Å². The second-order valence-electron chi connectivity index (χ2n) is 7.37. The molecule has 0 saturated carbocycles. The van der Waals surface area contributed by atoms with Crippen molar-refractivity contribution in [3.8, 4) is 0 Å². The predicted molar refractivity (Wildman–Crippen MR) is 111 cm³/mol. The Bertz CT molecular complexity index is 944. The molecule has 0 aromatic heterocycles. The van der Waals surface area contributed by atoms with Gasteiger partial charge in [0.25, 0.3) is 11.8 Å². The van der Waals surface area contributed by atoms with E-state index in [9.17, 15) is 19.8 Å². The number of rotatable bonds is 6. The molecule has 3 atom stereocenters. The third-order valence-corrected chi connectivity index (χ3v) is 5.63. The first-order valence-electron chi connectivity index (χ1n) is 9.48. The predicted octanol–water partition coefficient (Wildman–Crippen LogP) is 1.27. The maximum absolute atomic E-state index is 12.6. The molecule has 0 unspecified atom stereocenters. The van der Waals surface area contributed by atoms with E-state index < -0.39 is 29.6 Å².